The zero-order valence-corrected chi connectivity index (χ0v) is 10.3. The van der Waals surface area contributed by atoms with E-state index in [9.17, 15) is 18.0 Å². The van der Waals surface area contributed by atoms with Crippen LogP contribution in [0.4, 0.5) is 13.2 Å². The monoisotopic (exact) mass is 281 g/mol. The van der Waals surface area contributed by atoms with Gasteiger partial charge in [-0.25, -0.2) is 0 Å². The summed E-state index contributed by atoms with van der Waals surface area (Å²) in [4.78, 5) is 12.5. The summed E-state index contributed by atoms with van der Waals surface area (Å²) in [5.41, 5.74) is -0.155. The summed E-state index contributed by atoms with van der Waals surface area (Å²) < 4.78 is 37.0. The normalized spacial score (nSPS) is 11.4. The lowest BCUT2D eigenvalue weighted by Crippen LogP contribution is -2.39. The molecule has 18 heavy (non-hydrogen) atoms. The van der Waals surface area contributed by atoms with Gasteiger partial charge in [-0.15, -0.1) is 10.2 Å². The largest absolute Gasteiger partial charge is 0.406 e. The third-order valence-corrected chi connectivity index (χ3v) is 2.20. The van der Waals surface area contributed by atoms with Crippen molar-refractivity contribution < 1.29 is 18.0 Å². The number of amides is 1. The van der Waals surface area contributed by atoms with Gasteiger partial charge in [-0.1, -0.05) is 18.5 Å². The summed E-state index contributed by atoms with van der Waals surface area (Å²) in [6.45, 7) is 0.386. The molecule has 0 spiro atoms. The molecule has 1 amide bonds. The van der Waals surface area contributed by atoms with E-state index in [0.29, 0.717) is 11.3 Å². The molecular weight excluding hydrogens is 271 g/mol. The molecule has 0 unspecified atom stereocenters. The fourth-order valence-electron chi connectivity index (χ4n) is 1.33. The van der Waals surface area contributed by atoms with Crippen molar-refractivity contribution in [1.29, 1.82) is 0 Å². The molecule has 1 rings (SSSR count). The van der Waals surface area contributed by atoms with Gasteiger partial charge < -0.3 is 4.90 Å². The summed E-state index contributed by atoms with van der Waals surface area (Å²) in [5.74, 6) is -0.807. The molecule has 0 aliphatic rings. The van der Waals surface area contributed by atoms with Crippen LogP contribution in [0.5, 0.6) is 0 Å². The van der Waals surface area contributed by atoms with Crippen LogP contribution in [0, 0.1) is 0 Å². The first-order valence-corrected chi connectivity index (χ1v) is 5.56. The highest BCUT2D eigenvalue weighted by Gasteiger charge is 2.33. The average Bonchev–Trinajstić information content (AvgIpc) is 2.27. The molecule has 0 saturated carbocycles. The molecule has 0 aromatic carbocycles. The summed E-state index contributed by atoms with van der Waals surface area (Å²) in [5, 5.41) is 6.97. The van der Waals surface area contributed by atoms with Gasteiger partial charge in [0.15, 0.2) is 10.8 Å². The minimum Gasteiger partial charge on any atom is -0.328 e. The Labute approximate surface area is 107 Å². The zero-order valence-electron chi connectivity index (χ0n) is 9.54. The molecule has 8 heteroatoms. The topological polar surface area (TPSA) is 46.1 Å². The Bertz CT molecular complexity index is 408. The predicted octanol–water partition coefficient (Wildman–Crippen LogP) is 2.54. The molecule has 1 heterocycles. The fraction of sp³-hybridized carbons (Fsp3) is 0.500. The fourth-order valence-corrected chi connectivity index (χ4v) is 1.43. The first kappa shape index (κ1) is 14.7. The molecule has 0 N–H and O–H groups in total. The van der Waals surface area contributed by atoms with Gasteiger partial charge in [0.1, 0.15) is 6.54 Å². The summed E-state index contributed by atoms with van der Waals surface area (Å²) in [6, 6.07) is 2.55. The second kappa shape index (κ2) is 5.99. The van der Waals surface area contributed by atoms with E-state index in [0.717, 1.165) is 0 Å². The van der Waals surface area contributed by atoms with Crippen LogP contribution in [0.15, 0.2) is 12.1 Å². The second-order valence-electron chi connectivity index (χ2n) is 3.58. The van der Waals surface area contributed by atoms with Crippen molar-refractivity contribution >= 4 is 17.5 Å². The molecule has 0 radical (unpaired) electrons. The standard InChI is InChI=1S/C10H11ClF3N3O/c1-2-5-17(6-10(12,13)14)9(18)7-3-4-8(11)16-15-7/h3-4H,2,5-6H2,1H3. The molecule has 0 atom stereocenters. The Morgan fingerprint density at radius 1 is 1.39 bits per heavy atom. The van der Waals surface area contributed by atoms with Gasteiger partial charge in [-0.2, -0.15) is 13.2 Å². The lowest BCUT2D eigenvalue weighted by atomic mass is 10.3. The molecule has 0 fully saturated rings. The second-order valence-corrected chi connectivity index (χ2v) is 3.97. The van der Waals surface area contributed by atoms with Crippen molar-refractivity contribution in [3.05, 3.63) is 23.0 Å². The maximum atomic E-state index is 12.3. The van der Waals surface area contributed by atoms with Crippen LogP contribution in [-0.2, 0) is 0 Å². The van der Waals surface area contributed by atoms with E-state index in [1.54, 1.807) is 6.92 Å². The highest BCUT2D eigenvalue weighted by atomic mass is 35.5. The third kappa shape index (κ3) is 4.48. The third-order valence-electron chi connectivity index (χ3n) is 2.00. The molecule has 0 aliphatic carbocycles. The van der Waals surface area contributed by atoms with Crippen molar-refractivity contribution in [3.63, 3.8) is 0 Å². The number of nitrogens with zero attached hydrogens (tertiary/aromatic N) is 3. The van der Waals surface area contributed by atoms with E-state index in [4.69, 9.17) is 11.6 Å². The Balaban J connectivity index is 2.85. The molecule has 1 aromatic heterocycles. The smallest absolute Gasteiger partial charge is 0.328 e. The molecule has 0 aliphatic heterocycles. The number of hydrogen-bond donors (Lipinski definition) is 0. The van der Waals surface area contributed by atoms with Gasteiger partial charge in [0.05, 0.1) is 0 Å². The average molecular weight is 282 g/mol. The highest BCUT2D eigenvalue weighted by molar-refractivity contribution is 6.29. The van der Waals surface area contributed by atoms with Crippen LogP contribution in [0.1, 0.15) is 23.8 Å². The SMILES string of the molecule is CCCN(CC(F)(F)F)C(=O)c1ccc(Cl)nn1. The van der Waals surface area contributed by atoms with Crippen molar-refractivity contribution in [2.45, 2.75) is 19.5 Å². The maximum absolute atomic E-state index is 12.3. The van der Waals surface area contributed by atoms with Gasteiger partial charge in [0.25, 0.3) is 5.91 Å². The molecule has 4 nitrogen and oxygen atoms in total. The number of carbonyl (C=O) groups excluding carboxylic acids is 1. The Kier molecular flexibility index (Phi) is 4.89. The Morgan fingerprint density at radius 2 is 2.06 bits per heavy atom. The van der Waals surface area contributed by atoms with E-state index in [1.807, 2.05) is 0 Å². The number of aromatic nitrogens is 2. The Hall–Kier alpha value is -1.37. The van der Waals surface area contributed by atoms with E-state index in [2.05, 4.69) is 10.2 Å². The number of halogens is 4. The number of rotatable bonds is 4. The summed E-state index contributed by atoms with van der Waals surface area (Å²) in [7, 11) is 0. The maximum Gasteiger partial charge on any atom is 0.406 e. The van der Waals surface area contributed by atoms with Gasteiger partial charge in [-0.05, 0) is 18.6 Å². The molecule has 100 valence electrons. The summed E-state index contributed by atoms with van der Waals surface area (Å²) >= 11 is 5.49. The van der Waals surface area contributed by atoms with Crippen LogP contribution in [-0.4, -0.2) is 40.3 Å². The van der Waals surface area contributed by atoms with E-state index in [1.165, 1.54) is 12.1 Å². The number of hydrogen-bond acceptors (Lipinski definition) is 3. The van der Waals surface area contributed by atoms with Crippen LogP contribution in [0.25, 0.3) is 0 Å². The molecule has 1 aromatic rings. The van der Waals surface area contributed by atoms with E-state index < -0.39 is 18.6 Å². The lowest BCUT2D eigenvalue weighted by Gasteiger charge is -2.22. The minimum absolute atomic E-state index is 0.00263. The van der Waals surface area contributed by atoms with Crippen molar-refractivity contribution in [3.8, 4) is 0 Å². The lowest BCUT2D eigenvalue weighted by molar-refractivity contribution is -0.140. The number of carbonyl (C=O) groups is 1. The van der Waals surface area contributed by atoms with Crippen molar-refractivity contribution in [2.24, 2.45) is 0 Å². The zero-order chi connectivity index (χ0) is 13.8. The van der Waals surface area contributed by atoms with Crippen LogP contribution in [0.2, 0.25) is 5.15 Å². The van der Waals surface area contributed by atoms with E-state index >= 15 is 0 Å². The van der Waals surface area contributed by atoms with Gasteiger partial charge >= 0.3 is 6.18 Å². The molecule has 0 bridgehead atoms. The first-order chi connectivity index (χ1) is 8.33. The van der Waals surface area contributed by atoms with Gasteiger partial charge in [-0.3, -0.25) is 4.79 Å². The van der Waals surface area contributed by atoms with Gasteiger partial charge in [0.2, 0.25) is 0 Å². The number of alkyl halides is 3. The van der Waals surface area contributed by atoms with Crippen molar-refractivity contribution in [2.75, 3.05) is 13.1 Å². The molecule has 0 saturated heterocycles. The van der Waals surface area contributed by atoms with Crippen LogP contribution in [0.3, 0.4) is 0 Å². The predicted molar refractivity (Wildman–Crippen MR) is 59.3 cm³/mol. The molecular formula is C10H11ClF3N3O. The quantitative estimate of drug-likeness (QED) is 0.852. The van der Waals surface area contributed by atoms with Crippen LogP contribution < -0.4 is 0 Å². The van der Waals surface area contributed by atoms with Gasteiger partial charge in [0, 0.05) is 6.54 Å². The van der Waals surface area contributed by atoms with Crippen molar-refractivity contribution in [1.82, 2.24) is 15.1 Å². The van der Waals surface area contributed by atoms with Crippen LogP contribution >= 0.6 is 11.6 Å². The Morgan fingerprint density at radius 3 is 2.50 bits per heavy atom. The van der Waals surface area contributed by atoms with E-state index in [-0.39, 0.29) is 17.4 Å². The highest BCUT2D eigenvalue weighted by Crippen LogP contribution is 2.18. The minimum atomic E-state index is -4.44. The summed E-state index contributed by atoms with van der Waals surface area (Å²) in [6.07, 6.45) is -4.02. The first-order valence-electron chi connectivity index (χ1n) is 5.18.